The molecule has 0 unspecified atom stereocenters. The maximum Gasteiger partial charge on any atom is 0.247 e. The number of hydrogen-bond acceptors (Lipinski definition) is 2. The molecule has 63 heavy (non-hydrogen) atoms. The summed E-state index contributed by atoms with van der Waals surface area (Å²) in [5.41, 5.74) is 16.9. The molecule has 0 saturated heterocycles. The molecule has 2 aliphatic heterocycles. The zero-order chi connectivity index (χ0) is 41.8. The zero-order valence-corrected chi connectivity index (χ0v) is 36.6. The van der Waals surface area contributed by atoms with Crippen molar-refractivity contribution in [3.8, 4) is 39.1 Å². The third-order valence-electron chi connectivity index (χ3n) is 13.4. The summed E-state index contributed by atoms with van der Waals surface area (Å²) in [5.74, 6) is 0.354. The lowest BCUT2D eigenvalue weighted by atomic mass is 9.36. The first-order valence-electron chi connectivity index (χ1n) is 22.0. The van der Waals surface area contributed by atoms with E-state index in [0.29, 0.717) is 5.92 Å². The molecule has 0 aliphatic carbocycles. The lowest BCUT2D eigenvalue weighted by molar-refractivity contribution is 0.867. The van der Waals surface area contributed by atoms with Crippen LogP contribution in [0.25, 0.3) is 82.4 Å². The van der Waals surface area contributed by atoms with E-state index in [1.807, 2.05) is 23.5 Å². The maximum absolute atomic E-state index is 2.50. The van der Waals surface area contributed by atoms with Crippen molar-refractivity contribution < 1.29 is 0 Å². The minimum atomic E-state index is 0.170. The van der Waals surface area contributed by atoms with Crippen molar-refractivity contribution in [2.45, 2.75) is 39.3 Å². The number of rotatable bonds is 5. The molecule has 0 saturated carbocycles. The molecule has 0 N–H and O–H groups in total. The number of para-hydroxylation sites is 2. The Morgan fingerprint density at radius 2 is 0.873 bits per heavy atom. The first-order valence-corrected chi connectivity index (χ1v) is 23.6. The molecule has 1 nitrogen and oxygen atoms in total. The zero-order valence-electron chi connectivity index (χ0n) is 35.0. The van der Waals surface area contributed by atoms with Crippen LogP contribution in [0.2, 0.25) is 0 Å². The highest BCUT2D eigenvalue weighted by Gasteiger charge is 2.38. The standard InChI is InChI=1S/C59H40BNS2/c1-36(2)38-30-39(32-41(31-38)58-47-22-8-6-20-45(47)57(37-16-4-3-5-17-37)46-21-7-9-23-48(46)58)40-33-55-59-56(34-40)63-54-35-42(28-29-50(54)60(59)49-24-12-15-27-53(49)62-55)61-51-25-13-10-18-43(51)44-19-11-14-26-52(44)61/h3-36H,1-2H3. The van der Waals surface area contributed by atoms with E-state index in [9.17, 15) is 0 Å². The van der Waals surface area contributed by atoms with Gasteiger partial charge in [0.2, 0.25) is 6.71 Å². The van der Waals surface area contributed by atoms with E-state index in [2.05, 4.69) is 219 Å². The minimum absolute atomic E-state index is 0.170. The summed E-state index contributed by atoms with van der Waals surface area (Å²) < 4.78 is 2.45. The topological polar surface area (TPSA) is 4.93 Å². The van der Waals surface area contributed by atoms with Gasteiger partial charge < -0.3 is 4.57 Å². The van der Waals surface area contributed by atoms with Crippen molar-refractivity contribution in [1.29, 1.82) is 0 Å². The quantitative estimate of drug-likeness (QED) is 0.126. The summed E-state index contributed by atoms with van der Waals surface area (Å²) in [7, 11) is 0. The summed E-state index contributed by atoms with van der Waals surface area (Å²) in [6, 6.07) is 75.2. The molecule has 3 heterocycles. The van der Waals surface area contributed by atoms with Crippen molar-refractivity contribution in [2.75, 3.05) is 0 Å². The maximum atomic E-state index is 2.50. The SMILES string of the molecule is CC(C)c1cc(-c2cc3c4c(c2)Sc2cc(-n5c6ccccc6c6ccccc65)ccc2B4c2ccccc2S3)cc(-c2c3ccccc3c(-c3ccccc3)c3ccccc23)c1. The average molecular weight is 838 g/mol. The van der Waals surface area contributed by atoms with Crippen molar-refractivity contribution in [1.82, 2.24) is 4.57 Å². The molecule has 0 bridgehead atoms. The van der Waals surface area contributed by atoms with Gasteiger partial charge in [-0.05, 0) is 120 Å². The predicted molar refractivity (Wildman–Crippen MR) is 272 cm³/mol. The van der Waals surface area contributed by atoms with Gasteiger partial charge in [0, 0.05) is 36.0 Å². The monoisotopic (exact) mass is 837 g/mol. The number of nitrogens with zero attached hydrogens (tertiary/aromatic N) is 1. The van der Waals surface area contributed by atoms with Crippen LogP contribution in [-0.2, 0) is 0 Å². The van der Waals surface area contributed by atoms with E-state index < -0.39 is 0 Å². The minimum Gasteiger partial charge on any atom is -0.309 e. The number of aromatic nitrogens is 1. The van der Waals surface area contributed by atoms with Crippen molar-refractivity contribution >= 4 is 90.0 Å². The third kappa shape index (κ3) is 5.75. The predicted octanol–water partition coefficient (Wildman–Crippen LogP) is 14.7. The molecule has 0 amide bonds. The van der Waals surface area contributed by atoms with E-state index >= 15 is 0 Å². The van der Waals surface area contributed by atoms with E-state index in [4.69, 9.17) is 0 Å². The van der Waals surface area contributed by atoms with Gasteiger partial charge in [0.15, 0.2) is 0 Å². The molecule has 10 aromatic carbocycles. The molecular weight excluding hydrogens is 798 g/mol. The van der Waals surface area contributed by atoms with Gasteiger partial charge in [0.05, 0.1) is 11.0 Å². The number of fused-ring (bicyclic) bond motifs is 9. The van der Waals surface area contributed by atoms with Crippen LogP contribution in [0.1, 0.15) is 25.3 Å². The smallest absolute Gasteiger partial charge is 0.247 e. The second kappa shape index (κ2) is 14.4. The van der Waals surface area contributed by atoms with Gasteiger partial charge in [-0.2, -0.15) is 0 Å². The first kappa shape index (κ1) is 36.9. The average Bonchev–Trinajstić information content (AvgIpc) is 3.67. The molecule has 0 radical (unpaired) electrons. The lowest BCUT2D eigenvalue weighted by Gasteiger charge is -2.33. The summed E-state index contributed by atoms with van der Waals surface area (Å²) in [5, 5.41) is 7.69. The Kier molecular flexibility index (Phi) is 8.45. The molecule has 13 rings (SSSR count). The Labute approximate surface area is 376 Å². The fourth-order valence-electron chi connectivity index (χ4n) is 10.6. The molecule has 0 spiro atoms. The third-order valence-corrected chi connectivity index (χ3v) is 15.7. The summed E-state index contributed by atoms with van der Waals surface area (Å²) in [6.07, 6.45) is 0. The fraction of sp³-hybridized carbons (Fsp3) is 0.0508. The van der Waals surface area contributed by atoms with Gasteiger partial charge in [-0.3, -0.25) is 0 Å². The molecule has 2 aliphatic rings. The van der Waals surface area contributed by atoms with Gasteiger partial charge in [-0.1, -0.05) is 200 Å². The van der Waals surface area contributed by atoms with Gasteiger partial charge >= 0.3 is 0 Å². The van der Waals surface area contributed by atoms with Crippen LogP contribution in [0.5, 0.6) is 0 Å². The Hall–Kier alpha value is -6.72. The molecule has 4 heteroatoms. The van der Waals surface area contributed by atoms with E-state index in [1.165, 1.54) is 124 Å². The molecule has 0 atom stereocenters. The Morgan fingerprint density at radius 3 is 1.51 bits per heavy atom. The first-order chi connectivity index (χ1) is 31.1. The summed E-state index contributed by atoms with van der Waals surface area (Å²) in [6.45, 7) is 4.82. The summed E-state index contributed by atoms with van der Waals surface area (Å²) >= 11 is 3.88. The largest absolute Gasteiger partial charge is 0.309 e. The normalized spacial score (nSPS) is 12.9. The molecule has 11 aromatic rings. The lowest BCUT2D eigenvalue weighted by Crippen LogP contribution is -2.58. The van der Waals surface area contributed by atoms with Gasteiger partial charge in [0.25, 0.3) is 0 Å². The molecular formula is C59H40BNS2. The fourth-order valence-corrected chi connectivity index (χ4v) is 13.1. The molecule has 296 valence electrons. The van der Waals surface area contributed by atoms with Crippen molar-refractivity contribution in [3.05, 3.63) is 206 Å². The highest BCUT2D eigenvalue weighted by molar-refractivity contribution is 8.01. The van der Waals surface area contributed by atoms with Gasteiger partial charge in [-0.25, -0.2) is 0 Å². The van der Waals surface area contributed by atoms with E-state index in [0.717, 1.165) is 0 Å². The van der Waals surface area contributed by atoms with E-state index in [-0.39, 0.29) is 6.71 Å². The Morgan fingerprint density at radius 1 is 0.381 bits per heavy atom. The number of benzene rings is 10. The highest BCUT2D eigenvalue weighted by Crippen LogP contribution is 2.47. The summed E-state index contributed by atoms with van der Waals surface area (Å²) in [4.78, 5) is 5.37. The van der Waals surface area contributed by atoms with Crippen LogP contribution in [0.15, 0.2) is 220 Å². The highest BCUT2D eigenvalue weighted by atomic mass is 32.2. The van der Waals surface area contributed by atoms with Crippen LogP contribution in [0.4, 0.5) is 0 Å². The van der Waals surface area contributed by atoms with E-state index in [1.54, 1.807) is 0 Å². The molecule has 0 fully saturated rings. The number of hydrogen-bond donors (Lipinski definition) is 0. The van der Waals surface area contributed by atoms with Crippen LogP contribution in [-0.4, -0.2) is 11.3 Å². The Bertz CT molecular complexity index is 3570. The van der Waals surface area contributed by atoms with Crippen LogP contribution < -0.4 is 16.4 Å². The van der Waals surface area contributed by atoms with Crippen LogP contribution in [0.3, 0.4) is 0 Å². The Balaban J connectivity index is 1.01. The van der Waals surface area contributed by atoms with Crippen LogP contribution >= 0.6 is 23.5 Å². The van der Waals surface area contributed by atoms with Crippen molar-refractivity contribution in [3.63, 3.8) is 0 Å². The van der Waals surface area contributed by atoms with Crippen LogP contribution in [0, 0.1) is 0 Å². The van der Waals surface area contributed by atoms with Crippen molar-refractivity contribution in [2.24, 2.45) is 0 Å². The van der Waals surface area contributed by atoms with Gasteiger partial charge in [0.1, 0.15) is 0 Å². The second-order valence-electron chi connectivity index (χ2n) is 17.4. The second-order valence-corrected chi connectivity index (χ2v) is 19.5. The molecule has 1 aromatic heterocycles. The van der Waals surface area contributed by atoms with Gasteiger partial charge in [-0.15, -0.1) is 0 Å².